The van der Waals surface area contributed by atoms with Gasteiger partial charge in [0.25, 0.3) is 0 Å². The summed E-state index contributed by atoms with van der Waals surface area (Å²) >= 11 is 1.86. The molecule has 1 fully saturated rings. The first-order valence-corrected chi connectivity index (χ1v) is 14.3. The van der Waals surface area contributed by atoms with Crippen molar-refractivity contribution in [1.29, 1.82) is 0 Å². The lowest BCUT2D eigenvalue weighted by Crippen LogP contribution is -2.28. The predicted molar refractivity (Wildman–Crippen MR) is 155 cm³/mol. The van der Waals surface area contributed by atoms with Gasteiger partial charge in [-0.1, -0.05) is 91.7 Å². The maximum Gasteiger partial charge on any atom is 0.132 e. The molecule has 0 radical (unpaired) electrons. The molecular weight excluding hydrogens is 446 g/mol. The molecule has 2 aliphatic rings. The van der Waals surface area contributed by atoms with Crippen LogP contribution in [0.2, 0.25) is 0 Å². The molecule has 190 valence electrons. The first-order chi connectivity index (χ1) is 17.1. The summed E-state index contributed by atoms with van der Waals surface area (Å²) in [4.78, 5) is 3.90. The van der Waals surface area contributed by atoms with E-state index in [9.17, 15) is 0 Å². The Hall–Kier alpha value is -2.23. The number of hydrogen-bond donors (Lipinski definition) is 0. The molecule has 0 aliphatic carbocycles. The maximum atomic E-state index is 5.40. The average Bonchev–Trinajstić information content (AvgIpc) is 3.31. The Labute approximate surface area is 219 Å². The third kappa shape index (κ3) is 11.4. The van der Waals surface area contributed by atoms with Gasteiger partial charge in [-0.2, -0.15) is 0 Å². The maximum absolute atomic E-state index is 5.40. The van der Waals surface area contributed by atoms with Crippen molar-refractivity contribution in [2.75, 3.05) is 25.4 Å². The van der Waals surface area contributed by atoms with Crippen LogP contribution in [0.5, 0.6) is 5.75 Å². The number of benzene rings is 3. The monoisotopic (exact) mass is 491 g/mol. The molecule has 0 aromatic heterocycles. The summed E-state index contributed by atoms with van der Waals surface area (Å²) in [5.74, 6) is 2.12. The van der Waals surface area contributed by atoms with E-state index in [0.29, 0.717) is 0 Å². The van der Waals surface area contributed by atoms with Crippen LogP contribution < -0.4 is 4.74 Å². The summed E-state index contributed by atoms with van der Waals surface area (Å²) in [5, 5.41) is 0. The fraction of sp³-hybridized carbons (Fsp3) is 0.438. The molecule has 3 aromatic carbocycles. The highest BCUT2D eigenvalue weighted by Crippen LogP contribution is 2.32. The largest absolute Gasteiger partial charge is 0.492 e. The van der Waals surface area contributed by atoms with Crippen LogP contribution in [0.3, 0.4) is 0 Å². The highest BCUT2D eigenvalue weighted by molar-refractivity contribution is 7.99. The minimum absolute atomic E-state index is 0.820. The van der Waals surface area contributed by atoms with Gasteiger partial charge in [-0.25, -0.2) is 0 Å². The molecule has 5 rings (SSSR count). The van der Waals surface area contributed by atoms with E-state index in [-0.39, 0.29) is 0 Å². The molecule has 2 nitrogen and oxygen atoms in total. The van der Waals surface area contributed by atoms with Gasteiger partial charge in [0.15, 0.2) is 0 Å². The molecule has 1 saturated heterocycles. The molecule has 2 aliphatic heterocycles. The SMILES string of the molecule is CC.CC1CCCN1CCCc1ccccc1.Cc1cccc(C)c1.c1ccc2c(c1)OCCS2. The normalized spacial score (nSPS) is 16.2. The van der Waals surface area contributed by atoms with E-state index in [1.165, 1.54) is 60.4 Å². The Morgan fingerprint density at radius 1 is 0.886 bits per heavy atom. The molecule has 2 heterocycles. The second-order valence-electron chi connectivity index (χ2n) is 8.92. The first kappa shape index (κ1) is 29.0. The zero-order chi connectivity index (χ0) is 25.3. The molecule has 3 aromatic rings. The molecular formula is C32H45NOS. The third-order valence-electron chi connectivity index (χ3n) is 6.07. The van der Waals surface area contributed by atoms with Crippen molar-refractivity contribution in [1.82, 2.24) is 4.90 Å². The average molecular weight is 492 g/mol. The zero-order valence-corrected chi connectivity index (χ0v) is 23.3. The fourth-order valence-corrected chi connectivity index (χ4v) is 5.09. The second-order valence-corrected chi connectivity index (χ2v) is 10.1. The number of para-hydroxylation sites is 1. The van der Waals surface area contributed by atoms with E-state index in [0.717, 1.165) is 24.2 Å². The molecule has 1 unspecified atom stereocenters. The summed E-state index contributed by atoms with van der Waals surface area (Å²) in [5.41, 5.74) is 4.15. The second kappa shape index (κ2) is 17.2. The predicted octanol–water partition coefficient (Wildman–Crippen LogP) is 8.60. The van der Waals surface area contributed by atoms with Gasteiger partial charge < -0.3 is 9.64 Å². The van der Waals surface area contributed by atoms with Crippen LogP contribution in [-0.4, -0.2) is 36.4 Å². The Morgan fingerprint density at radius 2 is 1.57 bits per heavy atom. The standard InChI is InChI=1S/C14H21N.C8H8OS.C8H10.C2H6/c1-13-7-5-11-15(13)12-6-10-14-8-3-2-4-9-14;1-2-4-8-7(3-1)9-5-6-10-8;1-7-4-3-5-8(2)6-7;1-2/h2-4,8-9,13H,5-7,10-12H2,1H3;1-4H,5-6H2;3-6H,1-2H3;1-2H3. The highest BCUT2D eigenvalue weighted by Gasteiger charge is 2.18. The molecule has 35 heavy (non-hydrogen) atoms. The van der Waals surface area contributed by atoms with Crippen molar-refractivity contribution in [3.05, 3.63) is 95.6 Å². The van der Waals surface area contributed by atoms with Crippen molar-refractivity contribution in [3.8, 4) is 5.75 Å². The minimum atomic E-state index is 0.820. The van der Waals surface area contributed by atoms with Crippen LogP contribution in [0, 0.1) is 13.8 Å². The van der Waals surface area contributed by atoms with Crippen LogP contribution in [0.15, 0.2) is 83.8 Å². The van der Waals surface area contributed by atoms with E-state index in [1.807, 2.05) is 43.8 Å². The lowest BCUT2D eigenvalue weighted by Gasteiger charge is -2.20. The van der Waals surface area contributed by atoms with Crippen LogP contribution >= 0.6 is 11.8 Å². The Balaban J connectivity index is 0.000000188. The van der Waals surface area contributed by atoms with E-state index in [2.05, 4.69) is 86.3 Å². The van der Waals surface area contributed by atoms with E-state index < -0.39 is 0 Å². The summed E-state index contributed by atoms with van der Waals surface area (Å²) < 4.78 is 5.40. The van der Waals surface area contributed by atoms with Gasteiger partial charge in [0.05, 0.1) is 6.61 Å². The summed E-state index contributed by atoms with van der Waals surface area (Å²) in [6, 6.07) is 28.2. The molecule has 1 atom stereocenters. The van der Waals surface area contributed by atoms with Crippen LogP contribution in [0.4, 0.5) is 0 Å². The van der Waals surface area contributed by atoms with Gasteiger partial charge in [0.1, 0.15) is 5.75 Å². The van der Waals surface area contributed by atoms with Crippen molar-refractivity contribution in [3.63, 3.8) is 0 Å². The minimum Gasteiger partial charge on any atom is -0.492 e. The molecule has 3 heteroatoms. The number of hydrogen-bond acceptors (Lipinski definition) is 3. The van der Waals surface area contributed by atoms with Gasteiger partial charge in [-0.3, -0.25) is 0 Å². The Bertz CT molecular complexity index is 901. The first-order valence-electron chi connectivity index (χ1n) is 13.3. The van der Waals surface area contributed by atoms with Gasteiger partial charge in [-0.15, -0.1) is 11.8 Å². The van der Waals surface area contributed by atoms with Crippen molar-refractivity contribution >= 4 is 11.8 Å². The quantitative estimate of drug-likeness (QED) is 0.362. The van der Waals surface area contributed by atoms with E-state index >= 15 is 0 Å². The van der Waals surface area contributed by atoms with Gasteiger partial charge in [-0.05, 0) is 77.2 Å². The smallest absolute Gasteiger partial charge is 0.132 e. The summed E-state index contributed by atoms with van der Waals surface area (Å²) in [6.45, 7) is 14.0. The highest BCUT2D eigenvalue weighted by atomic mass is 32.2. The number of fused-ring (bicyclic) bond motifs is 1. The number of ether oxygens (including phenoxy) is 1. The number of aryl methyl sites for hydroxylation is 3. The van der Waals surface area contributed by atoms with Crippen LogP contribution in [0.25, 0.3) is 0 Å². The number of nitrogens with zero attached hydrogens (tertiary/aromatic N) is 1. The molecule has 0 spiro atoms. The van der Waals surface area contributed by atoms with Crippen LogP contribution in [0.1, 0.15) is 56.7 Å². The molecule has 0 saturated carbocycles. The lowest BCUT2D eigenvalue weighted by molar-refractivity contribution is 0.265. The molecule has 0 amide bonds. The fourth-order valence-electron chi connectivity index (χ4n) is 4.25. The topological polar surface area (TPSA) is 12.5 Å². The van der Waals surface area contributed by atoms with Crippen molar-refractivity contribution < 1.29 is 4.74 Å². The number of thioether (sulfide) groups is 1. The molecule has 0 N–H and O–H groups in total. The van der Waals surface area contributed by atoms with E-state index in [4.69, 9.17) is 4.74 Å². The third-order valence-corrected chi connectivity index (χ3v) is 7.08. The summed E-state index contributed by atoms with van der Waals surface area (Å²) in [6.07, 6.45) is 5.32. The lowest BCUT2D eigenvalue weighted by atomic mass is 10.1. The Kier molecular flexibility index (Phi) is 14.3. The van der Waals surface area contributed by atoms with Gasteiger partial charge in [0, 0.05) is 16.7 Å². The van der Waals surface area contributed by atoms with Crippen molar-refractivity contribution in [2.45, 2.75) is 71.2 Å². The van der Waals surface area contributed by atoms with Crippen molar-refractivity contribution in [2.24, 2.45) is 0 Å². The zero-order valence-electron chi connectivity index (χ0n) is 22.5. The van der Waals surface area contributed by atoms with Crippen LogP contribution in [-0.2, 0) is 6.42 Å². The van der Waals surface area contributed by atoms with Gasteiger partial charge in [0.2, 0.25) is 0 Å². The summed E-state index contributed by atoms with van der Waals surface area (Å²) in [7, 11) is 0. The molecule has 0 bridgehead atoms. The van der Waals surface area contributed by atoms with E-state index in [1.54, 1.807) is 0 Å². The van der Waals surface area contributed by atoms with Gasteiger partial charge >= 0.3 is 0 Å². The Morgan fingerprint density at radius 3 is 2.17 bits per heavy atom. The number of rotatable bonds is 4. The number of likely N-dealkylation sites (tertiary alicyclic amines) is 1.